The molecule has 0 bridgehead atoms. The summed E-state index contributed by atoms with van der Waals surface area (Å²) in [7, 11) is 0. The normalized spacial score (nSPS) is 11.3. The number of rotatable bonds is 1. The zero-order valence-electron chi connectivity index (χ0n) is 11.9. The molecule has 0 spiro atoms. The van der Waals surface area contributed by atoms with Gasteiger partial charge in [-0.25, -0.2) is 15.0 Å². The minimum atomic E-state index is 0.666. The van der Waals surface area contributed by atoms with Crippen molar-refractivity contribution in [3.8, 4) is 5.95 Å². The highest BCUT2D eigenvalue weighted by atomic mass is 15.2. The summed E-state index contributed by atoms with van der Waals surface area (Å²) in [5.74, 6) is 0.666. The number of aromatic nitrogens is 4. The van der Waals surface area contributed by atoms with E-state index in [9.17, 15) is 0 Å². The summed E-state index contributed by atoms with van der Waals surface area (Å²) in [6.45, 7) is 4.06. The first-order chi connectivity index (χ1) is 10.2. The van der Waals surface area contributed by atoms with Crippen molar-refractivity contribution in [3.05, 3.63) is 60.0 Å². The fraction of sp³-hybridized carbons (Fsp3) is 0.118. The van der Waals surface area contributed by atoms with Crippen LogP contribution in [0.4, 0.5) is 0 Å². The maximum absolute atomic E-state index is 4.56. The molecule has 0 atom stereocenters. The number of hydrogen-bond donors (Lipinski definition) is 0. The largest absolute Gasteiger partial charge is 0.262 e. The molecule has 21 heavy (non-hydrogen) atoms. The predicted octanol–water partition coefficient (Wildman–Crippen LogP) is 3.59. The van der Waals surface area contributed by atoms with Crippen molar-refractivity contribution in [2.75, 3.05) is 0 Å². The molecule has 0 unspecified atom stereocenters. The average molecular weight is 274 g/mol. The van der Waals surface area contributed by atoms with Crippen LogP contribution in [0, 0.1) is 13.8 Å². The molecule has 1 aromatic carbocycles. The second-order valence-electron chi connectivity index (χ2n) is 5.23. The highest BCUT2D eigenvalue weighted by Crippen LogP contribution is 2.29. The highest BCUT2D eigenvalue weighted by molar-refractivity contribution is 6.07. The molecule has 4 heteroatoms. The lowest BCUT2D eigenvalue weighted by Gasteiger charge is -2.05. The number of fused-ring (bicyclic) bond motifs is 3. The Bertz CT molecular complexity index is 969. The van der Waals surface area contributed by atoms with E-state index in [2.05, 4.69) is 46.1 Å². The minimum absolute atomic E-state index is 0.666. The Hall–Kier alpha value is -2.75. The van der Waals surface area contributed by atoms with E-state index in [1.54, 1.807) is 12.4 Å². The third-order valence-electron chi connectivity index (χ3n) is 3.66. The first-order valence-corrected chi connectivity index (χ1v) is 6.90. The van der Waals surface area contributed by atoms with Crippen LogP contribution in [0.3, 0.4) is 0 Å². The maximum atomic E-state index is 4.56. The average Bonchev–Trinajstić information content (AvgIpc) is 2.80. The van der Waals surface area contributed by atoms with E-state index in [4.69, 9.17) is 0 Å². The smallest absolute Gasteiger partial charge is 0.236 e. The van der Waals surface area contributed by atoms with Gasteiger partial charge in [-0.05, 0) is 43.7 Å². The van der Waals surface area contributed by atoms with Gasteiger partial charge in [0, 0.05) is 28.9 Å². The molecule has 4 nitrogen and oxygen atoms in total. The summed E-state index contributed by atoms with van der Waals surface area (Å²) < 4.78 is 2.03. The van der Waals surface area contributed by atoms with Gasteiger partial charge in [0.25, 0.3) is 0 Å². The number of pyridine rings is 1. The van der Waals surface area contributed by atoms with Crippen LogP contribution in [0.25, 0.3) is 27.9 Å². The third-order valence-corrected chi connectivity index (χ3v) is 3.66. The highest BCUT2D eigenvalue weighted by Gasteiger charge is 2.14. The van der Waals surface area contributed by atoms with Crippen molar-refractivity contribution in [2.24, 2.45) is 0 Å². The van der Waals surface area contributed by atoms with Crippen LogP contribution in [-0.2, 0) is 0 Å². The van der Waals surface area contributed by atoms with Crippen LogP contribution < -0.4 is 0 Å². The lowest BCUT2D eigenvalue weighted by Crippen LogP contribution is -2.02. The SMILES string of the molecule is Cc1ccc2c3cccnc3n(-c3nccc(C)n3)c2c1. The molecule has 3 aromatic heterocycles. The van der Waals surface area contributed by atoms with Gasteiger partial charge in [0.05, 0.1) is 5.52 Å². The van der Waals surface area contributed by atoms with E-state index in [1.807, 2.05) is 23.6 Å². The van der Waals surface area contributed by atoms with E-state index >= 15 is 0 Å². The van der Waals surface area contributed by atoms with E-state index in [0.29, 0.717) is 5.95 Å². The molecule has 0 saturated carbocycles. The summed E-state index contributed by atoms with van der Waals surface area (Å²) in [6.07, 6.45) is 3.59. The van der Waals surface area contributed by atoms with Gasteiger partial charge in [0.2, 0.25) is 5.95 Å². The Morgan fingerprint density at radius 1 is 0.905 bits per heavy atom. The first kappa shape index (κ1) is 12.0. The van der Waals surface area contributed by atoms with Gasteiger partial charge in [-0.3, -0.25) is 4.57 Å². The lowest BCUT2D eigenvalue weighted by molar-refractivity contribution is 0.953. The number of benzene rings is 1. The molecule has 0 fully saturated rings. The lowest BCUT2D eigenvalue weighted by atomic mass is 10.1. The summed E-state index contributed by atoms with van der Waals surface area (Å²) in [6, 6.07) is 12.4. The van der Waals surface area contributed by atoms with Crippen LogP contribution in [-0.4, -0.2) is 19.5 Å². The van der Waals surface area contributed by atoms with Crippen LogP contribution in [0.15, 0.2) is 48.8 Å². The molecular weight excluding hydrogens is 260 g/mol. The molecule has 0 aliphatic carbocycles. The van der Waals surface area contributed by atoms with Gasteiger partial charge < -0.3 is 0 Å². The second kappa shape index (κ2) is 4.38. The van der Waals surface area contributed by atoms with Crippen molar-refractivity contribution in [3.63, 3.8) is 0 Å². The van der Waals surface area contributed by atoms with Crippen molar-refractivity contribution in [2.45, 2.75) is 13.8 Å². The van der Waals surface area contributed by atoms with E-state index in [-0.39, 0.29) is 0 Å². The summed E-state index contributed by atoms with van der Waals surface area (Å²) >= 11 is 0. The minimum Gasteiger partial charge on any atom is -0.262 e. The molecular formula is C17H14N4. The summed E-state index contributed by atoms with van der Waals surface area (Å²) in [5, 5.41) is 2.30. The Balaban J connectivity index is 2.21. The van der Waals surface area contributed by atoms with Crippen molar-refractivity contribution in [1.29, 1.82) is 0 Å². The van der Waals surface area contributed by atoms with Crippen LogP contribution in [0.2, 0.25) is 0 Å². The van der Waals surface area contributed by atoms with Crippen LogP contribution in [0.5, 0.6) is 0 Å². The zero-order chi connectivity index (χ0) is 14.4. The molecule has 4 aromatic rings. The molecule has 0 amide bonds. The van der Waals surface area contributed by atoms with Crippen molar-refractivity contribution in [1.82, 2.24) is 19.5 Å². The molecule has 0 radical (unpaired) electrons. The third kappa shape index (κ3) is 1.80. The van der Waals surface area contributed by atoms with Gasteiger partial charge in [-0.2, -0.15) is 0 Å². The zero-order valence-corrected chi connectivity index (χ0v) is 11.9. The van der Waals surface area contributed by atoms with Gasteiger partial charge >= 0.3 is 0 Å². The van der Waals surface area contributed by atoms with Crippen molar-refractivity contribution >= 4 is 21.9 Å². The quantitative estimate of drug-likeness (QED) is 0.533. The summed E-state index contributed by atoms with van der Waals surface area (Å²) in [4.78, 5) is 13.5. The molecule has 102 valence electrons. The standard InChI is InChI=1S/C17H14N4/c1-11-5-6-13-14-4-3-8-18-16(14)21(15(13)10-11)17-19-9-7-12(2)20-17/h3-10H,1-2H3. The first-order valence-electron chi connectivity index (χ1n) is 6.90. The van der Waals surface area contributed by atoms with Gasteiger partial charge in [-0.1, -0.05) is 12.1 Å². The van der Waals surface area contributed by atoms with Gasteiger partial charge in [-0.15, -0.1) is 0 Å². The second-order valence-corrected chi connectivity index (χ2v) is 5.23. The number of aryl methyl sites for hydroxylation is 2. The maximum Gasteiger partial charge on any atom is 0.236 e. The van der Waals surface area contributed by atoms with Gasteiger partial charge in [0.15, 0.2) is 0 Å². The molecule has 4 rings (SSSR count). The Kier molecular flexibility index (Phi) is 2.51. The van der Waals surface area contributed by atoms with Gasteiger partial charge in [0.1, 0.15) is 5.65 Å². The van der Waals surface area contributed by atoms with E-state index in [1.165, 1.54) is 10.9 Å². The molecule has 0 saturated heterocycles. The molecule has 0 N–H and O–H groups in total. The number of hydrogen-bond acceptors (Lipinski definition) is 3. The van der Waals surface area contributed by atoms with E-state index < -0.39 is 0 Å². The fourth-order valence-corrected chi connectivity index (χ4v) is 2.70. The monoisotopic (exact) mass is 274 g/mol. The molecule has 3 heterocycles. The Morgan fingerprint density at radius 2 is 1.81 bits per heavy atom. The topological polar surface area (TPSA) is 43.6 Å². The van der Waals surface area contributed by atoms with Crippen LogP contribution >= 0.6 is 0 Å². The Labute approximate surface area is 122 Å². The summed E-state index contributed by atoms with van der Waals surface area (Å²) in [5.41, 5.74) is 4.13. The van der Waals surface area contributed by atoms with E-state index in [0.717, 1.165) is 22.2 Å². The Morgan fingerprint density at radius 3 is 2.67 bits per heavy atom. The fourth-order valence-electron chi connectivity index (χ4n) is 2.70. The molecule has 0 aliphatic heterocycles. The molecule has 0 aliphatic rings. The predicted molar refractivity (Wildman–Crippen MR) is 83.6 cm³/mol. The van der Waals surface area contributed by atoms with Crippen molar-refractivity contribution < 1.29 is 0 Å². The van der Waals surface area contributed by atoms with Crippen LogP contribution in [0.1, 0.15) is 11.3 Å². The number of nitrogens with zero attached hydrogens (tertiary/aromatic N) is 4.